The number of halogens is 1. The Bertz CT molecular complexity index is 1000. The fraction of sp³-hybridized carbons (Fsp3) is 0.316. The maximum Gasteiger partial charge on any atom is 0.223 e. The molecule has 7 nitrogen and oxygen atoms in total. The van der Waals surface area contributed by atoms with E-state index in [1.54, 1.807) is 18.3 Å². The Morgan fingerprint density at radius 2 is 1.96 bits per heavy atom. The number of benzene rings is 1. The third-order valence-corrected chi connectivity index (χ3v) is 4.93. The number of phenols is 1. The number of ether oxygens (including phenoxy) is 1. The monoisotopic (exact) mass is 369 g/mol. The number of pyridine rings is 1. The lowest BCUT2D eigenvalue weighted by Crippen LogP contribution is -2.41. The summed E-state index contributed by atoms with van der Waals surface area (Å²) in [6.45, 7) is 3.45. The first kappa shape index (κ1) is 17.4. The van der Waals surface area contributed by atoms with Gasteiger partial charge in [-0.1, -0.05) is 12.1 Å². The number of hydrogen-bond acceptors (Lipinski definition) is 7. The second-order valence-electron chi connectivity index (χ2n) is 6.95. The summed E-state index contributed by atoms with van der Waals surface area (Å²) in [7, 11) is 0. The van der Waals surface area contributed by atoms with E-state index >= 15 is 0 Å². The van der Waals surface area contributed by atoms with Gasteiger partial charge in [-0.15, -0.1) is 0 Å². The summed E-state index contributed by atoms with van der Waals surface area (Å²) in [6.07, 6.45) is 4.71. The molecule has 4 N–H and O–H groups in total. The summed E-state index contributed by atoms with van der Waals surface area (Å²) in [5, 5.41) is 13.6. The molecule has 4 rings (SSSR count). The molecular weight excluding hydrogens is 349 g/mol. The number of phenolic OH excluding ortho intramolecular Hbond substituents is 1. The molecule has 1 fully saturated rings. The van der Waals surface area contributed by atoms with Gasteiger partial charge in [0, 0.05) is 42.3 Å². The molecular formula is C19H20FN5O2. The van der Waals surface area contributed by atoms with Crippen molar-refractivity contribution in [3.63, 3.8) is 0 Å². The van der Waals surface area contributed by atoms with E-state index < -0.39 is 11.6 Å². The highest BCUT2D eigenvalue weighted by molar-refractivity contribution is 5.98. The van der Waals surface area contributed by atoms with Crippen LogP contribution in [0.5, 0.6) is 5.75 Å². The van der Waals surface area contributed by atoms with Crippen LogP contribution in [0.15, 0.2) is 30.6 Å². The number of nitrogens with two attached hydrogens (primary N) is 1. The van der Waals surface area contributed by atoms with Gasteiger partial charge in [0.1, 0.15) is 5.82 Å². The lowest BCUT2D eigenvalue weighted by atomic mass is 9.93. The first-order valence-electron chi connectivity index (χ1n) is 8.72. The minimum atomic E-state index is -0.727. The van der Waals surface area contributed by atoms with E-state index in [2.05, 4.69) is 27.2 Å². The Morgan fingerprint density at radius 3 is 2.74 bits per heavy atom. The van der Waals surface area contributed by atoms with Crippen molar-refractivity contribution in [2.45, 2.75) is 25.3 Å². The minimum Gasteiger partial charge on any atom is -0.505 e. The number of hydrogen-bond donors (Lipinski definition) is 3. The summed E-state index contributed by atoms with van der Waals surface area (Å²) in [5.41, 5.74) is 6.90. The van der Waals surface area contributed by atoms with E-state index in [4.69, 9.17) is 10.5 Å². The highest BCUT2D eigenvalue weighted by Crippen LogP contribution is 2.34. The first-order chi connectivity index (χ1) is 13.0. The zero-order valence-electron chi connectivity index (χ0n) is 14.9. The van der Waals surface area contributed by atoms with Gasteiger partial charge < -0.3 is 20.9 Å². The van der Waals surface area contributed by atoms with E-state index in [9.17, 15) is 9.50 Å². The van der Waals surface area contributed by atoms with E-state index in [-0.39, 0.29) is 16.9 Å². The summed E-state index contributed by atoms with van der Waals surface area (Å²) >= 11 is 0. The third-order valence-electron chi connectivity index (χ3n) is 4.93. The predicted octanol–water partition coefficient (Wildman–Crippen LogP) is 3.10. The minimum absolute atomic E-state index is 0.180. The van der Waals surface area contributed by atoms with Crippen LogP contribution in [-0.4, -0.2) is 38.8 Å². The highest BCUT2D eigenvalue weighted by atomic mass is 19.1. The van der Waals surface area contributed by atoms with Crippen molar-refractivity contribution >= 4 is 22.7 Å². The Kier molecular flexibility index (Phi) is 4.27. The molecule has 8 heteroatoms. The van der Waals surface area contributed by atoms with Gasteiger partial charge in [0.15, 0.2) is 11.6 Å². The molecule has 0 bridgehead atoms. The van der Waals surface area contributed by atoms with Crippen LogP contribution in [0.1, 0.15) is 19.8 Å². The summed E-state index contributed by atoms with van der Waals surface area (Å²) < 4.78 is 19.9. The molecule has 0 aliphatic carbocycles. The molecule has 3 aromatic rings. The number of nitrogen functional groups attached to an aromatic ring is 1. The average molecular weight is 369 g/mol. The van der Waals surface area contributed by atoms with Crippen LogP contribution in [0.3, 0.4) is 0 Å². The van der Waals surface area contributed by atoms with Crippen molar-refractivity contribution < 1.29 is 14.2 Å². The normalized spacial score (nSPS) is 16.4. The number of nitrogens with zero attached hydrogens (tertiary/aromatic N) is 3. The molecule has 0 unspecified atom stereocenters. The van der Waals surface area contributed by atoms with Crippen molar-refractivity contribution in [1.82, 2.24) is 15.0 Å². The van der Waals surface area contributed by atoms with Crippen LogP contribution in [0.25, 0.3) is 22.0 Å². The van der Waals surface area contributed by atoms with Gasteiger partial charge in [0.25, 0.3) is 0 Å². The summed E-state index contributed by atoms with van der Waals surface area (Å²) in [6, 6.07) is 4.43. The van der Waals surface area contributed by atoms with Crippen LogP contribution >= 0.6 is 0 Å². The molecule has 1 aliphatic rings. The Hall–Kier alpha value is -3.00. The molecule has 1 saturated heterocycles. The molecule has 2 aromatic heterocycles. The molecule has 0 radical (unpaired) electrons. The molecule has 1 aliphatic heterocycles. The number of fused-ring (bicyclic) bond motifs is 1. The second kappa shape index (κ2) is 6.62. The van der Waals surface area contributed by atoms with Gasteiger partial charge in [-0.25, -0.2) is 19.3 Å². The summed E-state index contributed by atoms with van der Waals surface area (Å²) in [5.74, 6) is -0.466. The van der Waals surface area contributed by atoms with Gasteiger partial charge in [0.2, 0.25) is 5.95 Å². The fourth-order valence-corrected chi connectivity index (χ4v) is 3.24. The standard InChI is InChI=1S/C19H20FN5O2/c1-19(5-7-27-8-6-19)25-18-23-10-13-16(24-18)12(9-22-17(13)21)11-3-2-4-14(26)15(11)20/h2-4,9-10,26H,5-8H2,1H3,(H2,21,22)(H,23,24,25). The largest absolute Gasteiger partial charge is 0.505 e. The zero-order chi connectivity index (χ0) is 19.0. The molecule has 140 valence electrons. The average Bonchev–Trinajstić information content (AvgIpc) is 2.65. The van der Waals surface area contributed by atoms with Crippen molar-refractivity contribution in [3.8, 4) is 16.9 Å². The SMILES string of the molecule is CC1(Nc2ncc3c(N)ncc(-c4cccc(O)c4F)c3n2)CCOCC1. The van der Waals surface area contributed by atoms with E-state index in [0.717, 1.165) is 12.8 Å². The smallest absolute Gasteiger partial charge is 0.223 e. The highest BCUT2D eigenvalue weighted by Gasteiger charge is 2.28. The molecule has 0 atom stereocenters. The quantitative estimate of drug-likeness (QED) is 0.651. The second-order valence-corrected chi connectivity index (χ2v) is 6.95. The molecule has 1 aromatic carbocycles. The molecule has 0 amide bonds. The van der Waals surface area contributed by atoms with Crippen molar-refractivity contribution in [3.05, 3.63) is 36.4 Å². The van der Waals surface area contributed by atoms with Crippen LogP contribution in [0.2, 0.25) is 0 Å². The number of aromatic hydroxyl groups is 1. The van der Waals surface area contributed by atoms with Crippen LogP contribution in [0.4, 0.5) is 16.2 Å². The topological polar surface area (TPSA) is 106 Å². The van der Waals surface area contributed by atoms with E-state index in [1.165, 1.54) is 12.3 Å². The van der Waals surface area contributed by atoms with Crippen molar-refractivity contribution in [2.75, 3.05) is 24.3 Å². The Labute approximate surface area is 155 Å². The lowest BCUT2D eigenvalue weighted by Gasteiger charge is -2.34. The maximum atomic E-state index is 14.5. The van der Waals surface area contributed by atoms with Crippen LogP contribution in [-0.2, 0) is 4.74 Å². The number of anilines is 2. The number of aromatic nitrogens is 3. The van der Waals surface area contributed by atoms with Gasteiger partial charge in [-0.05, 0) is 25.8 Å². The van der Waals surface area contributed by atoms with E-state index in [0.29, 0.717) is 35.6 Å². The van der Waals surface area contributed by atoms with Gasteiger partial charge in [0.05, 0.1) is 10.9 Å². The van der Waals surface area contributed by atoms with Crippen LogP contribution in [0, 0.1) is 5.82 Å². The van der Waals surface area contributed by atoms with Gasteiger partial charge >= 0.3 is 0 Å². The maximum absolute atomic E-state index is 14.5. The molecule has 3 heterocycles. The zero-order valence-corrected chi connectivity index (χ0v) is 14.9. The van der Waals surface area contributed by atoms with Crippen molar-refractivity contribution in [2.24, 2.45) is 0 Å². The van der Waals surface area contributed by atoms with E-state index in [1.807, 2.05) is 0 Å². The van der Waals surface area contributed by atoms with Crippen LogP contribution < -0.4 is 11.1 Å². The fourth-order valence-electron chi connectivity index (χ4n) is 3.24. The lowest BCUT2D eigenvalue weighted by molar-refractivity contribution is 0.0656. The molecule has 0 spiro atoms. The van der Waals surface area contributed by atoms with Gasteiger partial charge in [-0.2, -0.15) is 0 Å². The Balaban J connectivity index is 1.83. The third kappa shape index (κ3) is 3.23. The Morgan fingerprint density at radius 1 is 1.19 bits per heavy atom. The van der Waals surface area contributed by atoms with Gasteiger partial charge in [-0.3, -0.25) is 0 Å². The first-order valence-corrected chi connectivity index (χ1v) is 8.72. The molecule has 0 saturated carbocycles. The summed E-state index contributed by atoms with van der Waals surface area (Å²) in [4.78, 5) is 13.1. The number of nitrogens with one attached hydrogen (secondary N) is 1. The number of rotatable bonds is 3. The predicted molar refractivity (Wildman–Crippen MR) is 101 cm³/mol. The molecule has 27 heavy (non-hydrogen) atoms. The van der Waals surface area contributed by atoms with Crippen molar-refractivity contribution in [1.29, 1.82) is 0 Å².